The van der Waals surface area contributed by atoms with E-state index in [1.165, 1.54) is 21.3 Å². The summed E-state index contributed by atoms with van der Waals surface area (Å²) >= 11 is 0. The number of ether oxygens (including phenoxy) is 4. The summed E-state index contributed by atoms with van der Waals surface area (Å²) < 4.78 is 20.9. The number of benzene rings is 2. The van der Waals surface area contributed by atoms with Gasteiger partial charge in [0.05, 0.1) is 26.9 Å². The van der Waals surface area contributed by atoms with E-state index in [0.29, 0.717) is 22.6 Å². The number of methoxy groups -OCH3 is 3. The Balaban J connectivity index is 1.79. The molecule has 0 saturated carbocycles. The van der Waals surface area contributed by atoms with E-state index >= 15 is 0 Å². The quantitative estimate of drug-likeness (QED) is 0.601. The van der Waals surface area contributed by atoms with Crippen LogP contribution in [0.4, 0.5) is 0 Å². The molecule has 2 aromatic rings. The SMILES string of the molecule is COc1ccccc1C(=O)NN[C@@H]1OC(=O)c2c1ccc(OC)c2OC. The molecule has 0 fully saturated rings. The molecule has 0 bridgehead atoms. The zero-order valence-corrected chi connectivity index (χ0v) is 14.5. The molecule has 1 amide bonds. The molecule has 1 aliphatic heterocycles. The van der Waals surface area contributed by atoms with Gasteiger partial charge in [0, 0.05) is 5.56 Å². The van der Waals surface area contributed by atoms with Crippen LogP contribution in [-0.2, 0) is 4.74 Å². The standard InChI is InChI=1S/C18H18N2O6/c1-23-12-7-5-4-6-10(12)16(21)19-20-17-11-8-9-13(24-2)15(25-3)14(11)18(22)26-17/h4-9,17,20H,1-3H3,(H,19,21)/t17-/m1/s1. The number of hydrogen-bond acceptors (Lipinski definition) is 7. The van der Waals surface area contributed by atoms with Crippen LogP contribution in [0.15, 0.2) is 36.4 Å². The Bertz CT molecular complexity index is 852. The van der Waals surface area contributed by atoms with Crippen LogP contribution >= 0.6 is 0 Å². The van der Waals surface area contributed by atoms with Crippen molar-refractivity contribution in [1.82, 2.24) is 10.9 Å². The third kappa shape index (κ3) is 3.02. The number of para-hydroxylation sites is 1. The van der Waals surface area contributed by atoms with Gasteiger partial charge in [-0.1, -0.05) is 12.1 Å². The molecule has 0 aliphatic carbocycles. The third-order valence-electron chi connectivity index (χ3n) is 3.96. The fraction of sp³-hybridized carbons (Fsp3) is 0.222. The number of hydrazine groups is 1. The molecule has 2 aromatic carbocycles. The minimum atomic E-state index is -0.851. The average Bonchev–Trinajstić information content (AvgIpc) is 3.01. The molecule has 1 atom stereocenters. The van der Waals surface area contributed by atoms with Gasteiger partial charge < -0.3 is 18.9 Å². The number of carbonyl (C=O) groups is 2. The predicted molar refractivity (Wildman–Crippen MR) is 91.3 cm³/mol. The number of cyclic esters (lactones) is 1. The Labute approximate surface area is 150 Å². The lowest BCUT2D eigenvalue weighted by Gasteiger charge is -2.15. The van der Waals surface area contributed by atoms with Gasteiger partial charge in [0.1, 0.15) is 11.3 Å². The van der Waals surface area contributed by atoms with Gasteiger partial charge in [-0.25, -0.2) is 4.79 Å². The lowest BCUT2D eigenvalue weighted by Crippen LogP contribution is -2.40. The van der Waals surface area contributed by atoms with Gasteiger partial charge in [-0.15, -0.1) is 0 Å². The van der Waals surface area contributed by atoms with E-state index in [-0.39, 0.29) is 11.3 Å². The maximum Gasteiger partial charge on any atom is 0.344 e. The second-order valence-electron chi connectivity index (χ2n) is 5.35. The van der Waals surface area contributed by atoms with Crippen molar-refractivity contribution in [3.63, 3.8) is 0 Å². The summed E-state index contributed by atoms with van der Waals surface area (Å²) in [6, 6.07) is 10.1. The number of carbonyl (C=O) groups excluding carboxylic acids is 2. The minimum absolute atomic E-state index is 0.260. The van der Waals surface area contributed by atoms with Crippen LogP contribution in [0.25, 0.3) is 0 Å². The molecule has 8 heteroatoms. The van der Waals surface area contributed by atoms with Gasteiger partial charge in [-0.05, 0) is 24.3 Å². The number of amides is 1. The highest BCUT2D eigenvalue weighted by molar-refractivity contribution is 5.98. The summed E-state index contributed by atoms with van der Waals surface area (Å²) in [5.41, 5.74) is 6.38. The summed E-state index contributed by atoms with van der Waals surface area (Å²) in [6.07, 6.45) is -0.851. The van der Waals surface area contributed by atoms with Crippen molar-refractivity contribution in [3.8, 4) is 17.2 Å². The van der Waals surface area contributed by atoms with Crippen LogP contribution < -0.4 is 25.1 Å². The topological polar surface area (TPSA) is 95.1 Å². The summed E-state index contributed by atoms with van der Waals surface area (Å²) in [6.45, 7) is 0. The number of fused-ring (bicyclic) bond motifs is 1. The molecule has 0 aromatic heterocycles. The molecule has 0 unspecified atom stereocenters. The van der Waals surface area contributed by atoms with Gasteiger partial charge in [-0.3, -0.25) is 10.2 Å². The van der Waals surface area contributed by atoms with Gasteiger partial charge in [-0.2, -0.15) is 5.43 Å². The van der Waals surface area contributed by atoms with Gasteiger partial charge in [0.15, 0.2) is 17.7 Å². The smallest absolute Gasteiger partial charge is 0.344 e. The molecular weight excluding hydrogens is 340 g/mol. The first-order valence-corrected chi connectivity index (χ1v) is 7.75. The molecule has 0 spiro atoms. The van der Waals surface area contributed by atoms with Crippen LogP contribution in [-0.4, -0.2) is 33.2 Å². The van der Waals surface area contributed by atoms with Crippen LogP contribution in [0, 0.1) is 0 Å². The minimum Gasteiger partial charge on any atom is -0.496 e. The molecule has 1 heterocycles. The highest BCUT2D eigenvalue weighted by Crippen LogP contribution is 2.40. The Hall–Kier alpha value is -3.26. The van der Waals surface area contributed by atoms with Crippen LogP contribution in [0.5, 0.6) is 17.2 Å². The second-order valence-corrected chi connectivity index (χ2v) is 5.35. The molecule has 136 valence electrons. The summed E-state index contributed by atoms with van der Waals surface area (Å²) in [4.78, 5) is 24.6. The normalized spacial score (nSPS) is 15.0. The highest BCUT2D eigenvalue weighted by Gasteiger charge is 2.36. The van der Waals surface area contributed by atoms with Crippen LogP contribution in [0.3, 0.4) is 0 Å². The largest absolute Gasteiger partial charge is 0.496 e. The number of rotatable bonds is 6. The molecule has 1 aliphatic rings. The summed E-state index contributed by atoms with van der Waals surface area (Å²) in [7, 11) is 4.40. The average molecular weight is 358 g/mol. The first kappa shape index (κ1) is 17.6. The van der Waals surface area contributed by atoms with Crippen molar-refractivity contribution >= 4 is 11.9 Å². The van der Waals surface area contributed by atoms with E-state index in [2.05, 4.69) is 10.9 Å². The van der Waals surface area contributed by atoms with Crippen molar-refractivity contribution in [2.75, 3.05) is 21.3 Å². The Morgan fingerprint density at radius 3 is 2.42 bits per heavy atom. The summed E-state index contributed by atoms with van der Waals surface area (Å²) in [5, 5.41) is 0. The van der Waals surface area contributed by atoms with Crippen LogP contribution in [0.2, 0.25) is 0 Å². The Morgan fingerprint density at radius 2 is 1.73 bits per heavy atom. The van der Waals surface area contributed by atoms with E-state index in [9.17, 15) is 9.59 Å². The van der Waals surface area contributed by atoms with Gasteiger partial charge in [0.25, 0.3) is 5.91 Å². The number of hydrogen-bond donors (Lipinski definition) is 2. The van der Waals surface area contributed by atoms with Gasteiger partial charge >= 0.3 is 5.97 Å². The van der Waals surface area contributed by atoms with Crippen LogP contribution in [0.1, 0.15) is 32.5 Å². The maximum absolute atomic E-state index is 12.4. The Kier molecular flexibility index (Phi) is 4.94. The van der Waals surface area contributed by atoms with E-state index in [1.54, 1.807) is 36.4 Å². The highest BCUT2D eigenvalue weighted by atomic mass is 16.6. The maximum atomic E-state index is 12.4. The van der Waals surface area contributed by atoms with E-state index < -0.39 is 18.1 Å². The van der Waals surface area contributed by atoms with Gasteiger partial charge in [0.2, 0.25) is 0 Å². The number of esters is 1. The van der Waals surface area contributed by atoms with Crippen molar-refractivity contribution < 1.29 is 28.5 Å². The van der Waals surface area contributed by atoms with Crippen molar-refractivity contribution in [2.24, 2.45) is 0 Å². The second kappa shape index (κ2) is 7.32. The summed E-state index contributed by atoms with van der Waals surface area (Å²) in [5.74, 6) is 0.145. The molecule has 8 nitrogen and oxygen atoms in total. The molecule has 0 radical (unpaired) electrons. The first-order valence-electron chi connectivity index (χ1n) is 7.75. The molecule has 26 heavy (non-hydrogen) atoms. The van der Waals surface area contributed by atoms with E-state index in [0.717, 1.165) is 0 Å². The Morgan fingerprint density at radius 1 is 1.00 bits per heavy atom. The molecular formula is C18H18N2O6. The molecule has 2 N–H and O–H groups in total. The number of nitrogens with one attached hydrogen (secondary N) is 2. The van der Waals surface area contributed by atoms with E-state index in [1.807, 2.05) is 0 Å². The third-order valence-corrected chi connectivity index (χ3v) is 3.96. The van der Waals surface area contributed by atoms with Crippen molar-refractivity contribution in [3.05, 3.63) is 53.1 Å². The first-order chi connectivity index (χ1) is 12.6. The van der Waals surface area contributed by atoms with E-state index in [4.69, 9.17) is 18.9 Å². The fourth-order valence-electron chi connectivity index (χ4n) is 2.74. The molecule has 3 rings (SSSR count). The zero-order chi connectivity index (χ0) is 18.7. The molecule has 0 saturated heterocycles. The predicted octanol–water partition coefficient (Wildman–Crippen LogP) is 1.82. The van der Waals surface area contributed by atoms with Crippen molar-refractivity contribution in [2.45, 2.75) is 6.23 Å². The lowest BCUT2D eigenvalue weighted by atomic mass is 10.1. The lowest BCUT2D eigenvalue weighted by molar-refractivity contribution is 0.0259. The fourth-order valence-corrected chi connectivity index (χ4v) is 2.74. The zero-order valence-electron chi connectivity index (χ0n) is 14.5. The van der Waals surface area contributed by atoms with Crippen molar-refractivity contribution in [1.29, 1.82) is 0 Å². The monoisotopic (exact) mass is 358 g/mol.